The zero-order chi connectivity index (χ0) is 13.8. The van der Waals surface area contributed by atoms with E-state index in [1.54, 1.807) is 31.5 Å². The van der Waals surface area contributed by atoms with Gasteiger partial charge in [0.2, 0.25) is 0 Å². The Bertz CT molecular complexity index is 595. The number of benzene rings is 1. The number of aryl methyl sites for hydroxylation is 1. The van der Waals surface area contributed by atoms with Gasteiger partial charge in [0.05, 0.1) is 18.3 Å². The van der Waals surface area contributed by atoms with Crippen LogP contribution in [-0.2, 0) is 6.54 Å². The van der Waals surface area contributed by atoms with Gasteiger partial charge in [-0.25, -0.2) is 4.98 Å². The Labute approximate surface area is 115 Å². The van der Waals surface area contributed by atoms with Crippen LogP contribution in [0.2, 0.25) is 0 Å². The summed E-state index contributed by atoms with van der Waals surface area (Å²) in [5.41, 5.74) is 7.21. The topological polar surface area (TPSA) is 77.2 Å². The number of hydrogen-bond acceptors (Lipinski definition) is 5. The molecule has 3 N–H and O–H groups in total. The number of carbonyl (C=O) groups excluding carboxylic acids is 1. The predicted octanol–water partition coefficient (Wildman–Crippen LogP) is 1.97. The van der Waals surface area contributed by atoms with Gasteiger partial charge in [0.1, 0.15) is 10.6 Å². The summed E-state index contributed by atoms with van der Waals surface area (Å²) in [7, 11) is 1.59. The van der Waals surface area contributed by atoms with Crippen LogP contribution in [0.1, 0.15) is 20.2 Å². The van der Waals surface area contributed by atoms with Crippen LogP contribution in [0, 0.1) is 6.92 Å². The second kappa shape index (κ2) is 5.71. The van der Waals surface area contributed by atoms with Crippen molar-refractivity contribution in [1.82, 2.24) is 10.3 Å². The Hall–Kier alpha value is -2.08. The average Bonchev–Trinajstić information content (AvgIpc) is 2.83. The van der Waals surface area contributed by atoms with Gasteiger partial charge in [-0.3, -0.25) is 4.79 Å². The second-order valence-corrected chi connectivity index (χ2v) is 5.23. The summed E-state index contributed by atoms with van der Waals surface area (Å²) < 4.78 is 5.23. The smallest absolute Gasteiger partial charge is 0.263 e. The van der Waals surface area contributed by atoms with Crippen LogP contribution < -0.4 is 15.8 Å². The van der Waals surface area contributed by atoms with E-state index in [0.29, 0.717) is 22.9 Å². The number of nitrogens with zero attached hydrogens (tertiary/aromatic N) is 1. The lowest BCUT2D eigenvalue weighted by Gasteiger charge is -2.10. The van der Waals surface area contributed by atoms with E-state index in [9.17, 15) is 4.79 Å². The summed E-state index contributed by atoms with van der Waals surface area (Å²) in [4.78, 5) is 16.6. The van der Waals surface area contributed by atoms with Crippen molar-refractivity contribution in [3.63, 3.8) is 0 Å². The number of ether oxygens (including phenoxy) is 1. The van der Waals surface area contributed by atoms with Crippen molar-refractivity contribution in [3.05, 3.63) is 39.8 Å². The standard InChI is InChI=1S/C13H15N3O2S/c1-8-15-7-12(19-8)13(17)16-6-9-5-10(14)3-4-11(9)18-2/h3-5,7H,6,14H2,1-2H3,(H,16,17). The predicted molar refractivity (Wildman–Crippen MR) is 75.4 cm³/mol. The summed E-state index contributed by atoms with van der Waals surface area (Å²) in [5, 5.41) is 3.69. The Morgan fingerprint density at radius 3 is 2.95 bits per heavy atom. The SMILES string of the molecule is COc1ccc(N)cc1CNC(=O)c1cnc(C)s1. The molecule has 2 rings (SSSR count). The molecule has 6 heteroatoms. The van der Waals surface area contributed by atoms with E-state index in [1.165, 1.54) is 11.3 Å². The second-order valence-electron chi connectivity index (χ2n) is 4.00. The molecule has 0 aliphatic carbocycles. The molecular formula is C13H15N3O2S. The number of rotatable bonds is 4. The molecule has 0 unspecified atom stereocenters. The highest BCUT2D eigenvalue weighted by Gasteiger charge is 2.10. The molecule has 19 heavy (non-hydrogen) atoms. The highest BCUT2D eigenvalue weighted by atomic mass is 32.1. The normalized spacial score (nSPS) is 10.2. The molecule has 5 nitrogen and oxygen atoms in total. The minimum absolute atomic E-state index is 0.143. The molecule has 1 aromatic heterocycles. The molecule has 0 saturated heterocycles. The van der Waals surface area contributed by atoms with Crippen LogP contribution in [0.4, 0.5) is 5.69 Å². The Morgan fingerprint density at radius 1 is 1.53 bits per heavy atom. The summed E-state index contributed by atoms with van der Waals surface area (Å²) in [5.74, 6) is 0.560. The maximum absolute atomic E-state index is 11.9. The highest BCUT2D eigenvalue weighted by Crippen LogP contribution is 2.21. The molecule has 0 saturated carbocycles. The largest absolute Gasteiger partial charge is 0.496 e. The van der Waals surface area contributed by atoms with Crippen molar-refractivity contribution in [1.29, 1.82) is 0 Å². The van der Waals surface area contributed by atoms with Crippen molar-refractivity contribution in [2.75, 3.05) is 12.8 Å². The zero-order valence-electron chi connectivity index (χ0n) is 10.8. The van der Waals surface area contributed by atoms with E-state index >= 15 is 0 Å². The van der Waals surface area contributed by atoms with Crippen LogP contribution >= 0.6 is 11.3 Å². The minimum Gasteiger partial charge on any atom is -0.496 e. The number of carbonyl (C=O) groups is 1. The third-order valence-electron chi connectivity index (χ3n) is 2.59. The fourth-order valence-electron chi connectivity index (χ4n) is 1.67. The van der Waals surface area contributed by atoms with E-state index in [1.807, 2.05) is 6.92 Å². The number of anilines is 1. The lowest BCUT2D eigenvalue weighted by molar-refractivity contribution is 0.0954. The third-order valence-corrected chi connectivity index (χ3v) is 3.50. The lowest BCUT2D eigenvalue weighted by Crippen LogP contribution is -2.22. The van der Waals surface area contributed by atoms with Crippen LogP contribution in [0.5, 0.6) is 5.75 Å². The number of hydrogen-bond donors (Lipinski definition) is 2. The van der Waals surface area contributed by atoms with Gasteiger partial charge in [0, 0.05) is 17.8 Å². The van der Waals surface area contributed by atoms with E-state index in [4.69, 9.17) is 10.5 Å². The fourth-order valence-corrected chi connectivity index (χ4v) is 2.36. The number of amides is 1. The Kier molecular flexibility index (Phi) is 4.01. The summed E-state index contributed by atoms with van der Waals surface area (Å²) in [6.45, 7) is 2.23. The van der Waals surface area contributed by atoms with Crippen molar-refractivity contribution >= 4 is 22.9 Å². The van der Waals surface area contributed by atoms with E-state index in [-0.39, 0.29) is 5.91 Å². The maximum atomic E-state index is 11.9. The van der Waals surface area contributed by atoms with Gasteiger partial charge in [-0.05, 0) is 25.1 Å². The van der Waals surface area contributed by atoms with Crippen LogP contribution in [0.3, 0.4) is 0 Å². The van der Waals surface area contributed by atoms with E-state index in [0.717, 1.165) is 10.6 Å². The molecule has 0 aliphatic heterocycles. The van der Waals surface area contributed by atoms with Gasteiger partial charge in [0.25, 0.3) is 5.91 Å². The molecule has 0 fully saturated rings. The molecule has 0 spiro atoms. The van der Waals surface area contributed by atoms with Crippen LogP contribution in [0.15, 0.2) is 24.4 Å². The van der Waals surface area contributed by atoms with Gasteiger partial charge < -0.3 is 15.8 Å². The quantitative estimate of drug-likeness (QED) is 0.838. The number of thiazole rings is 1. The van der Waals surface area contributed by atoms with Crippen LogP contribution in [0.25, 0.3) is 0 Å². The van der Waals surface area contributed by atoms with Gasteiger partial charge in [-0.15, -0.1) is 11.3 Å². The summed E-state index contributed by atoms with van der Waals surface area (Å²) in [6.07, 6.45) is 1.58. The third kappa shape index (κ3) is 3.23. The van der Waals surface area contributed by atoms with E-state index < -0.39 is 0 Å². The molecule has 0 bridgehead atoms. The monoisotopic (exact) mass is 277 g/mol. The first-order valence-corrected chi connectivity index (χ1v) is 6.55. The number of methoxy groups -OCH3 is 1. The first-order valence-electron chi connectivity index (χ1n) is 5.73. The molecule has 1 amide bonds. The number of nitrogens with two attached hydrogens (primary N) is 1. The van der Waals surface area contributed by atoms with E-state index in [2.05, 4.69) is 10.3 Å². The average molecular weight is 277 g/mol. The number of nitrogen functional groups attached to an aromatic ring is 1. The molecule has 0 radical (unpaired) electrons. The number of aromatic nitrogens is 1. The Balaban J connectivity index is 2.06. The molecular weight excluding hydrogens is 262 g/mol. The first-order chi connectivity index (χ1) is 9.10. The molecule has 1 heterocycles. The molecule has 1 aromatic carbocycles. The number of nitrogens with one attached hydrogen (secondary N) is 1. The van der Waals surface area contributed by atoms with Crippen molar-refractivity contribution in [3.8, 4) is 5.75 Å². The van der Waals surface area contributed by atoms with Crippen LogP contribution in [-0.4, -0.2) is 18.0 Å². The van der Waals surface area contributed by atoms with Crippen molar-refractivity contribution in [2.45, 2.75) is 13.5 Å². The van der Waals surface area contributed by atoms with Crippen molar-refractivity contribution in [2.24, 2.45) is 0 Å². The molecule has 100 valence electrons. The van der Waals surface area contributed by atoms with Gasteiger partial charge in [0.15, 0.2) is 0 Å². The molecule has 0 aliphatic rings. The summed E-state index contributed by atoms with van der Waals surface area (Å²) in [6, 6.07) is 5.33. The lowest BCUT2D eigenvalue weighted by atomic mass is 10.1. The zero-order valence-corrected chi connectivity index (χ0v) is 11.6. The van der Waals surface area contributed by atoms with Gasteiger partial charge >= 0.3 is 0 Å². The Morgan fingerprint density at radius 2 is 2.32 bits per heavy atom. The minimum atomic E-state index is -0.143. The fraction of sp³-hybridized carbons (Fsp3) is 0.231. The first kappa shape index (κ1) is 13.4. The van der Waals surface area contributed by atoms with Gasteiger partial charge in [-0.2, -0.15) is 0 Å². The van der Waals surface area contributed by atoms with Crippen molar-refractivity contribution < 1.29 is 9.53 Å². The molecule has 0 atom stereocenters. The summed E-state index contributed by atoms with van der Waals surface area (Å²) >= 11 is 1.36. The van der Waals surface area contributed by atoms with Gasteiger partial charge in [-0.1, -0.05) is 0 Å². The maximum Gasteiger partial charge on any atom is 0.263 e. The molecule has 2 aromatic rings. The highest BCUT2D eigenvalue weighted by molar-refractivity contribution is 7.13.